The highest BCUT2D eigenvalue weighted by Gasteiger charge is 2.26. The number of ether oxygens (including phenoxy) is 3. The Morgan fingerprint density at radius 3 is 2.35 bits per heavy atom. The first-order chi connectivity index (χ1) is 15.1. The van der Waals surface area contributed by atoms with Gasteiger partial charge in [0.2, 0.25) is 5.91 Å². The summed E-state index contributed by atoms with van der Waals surface area (Å²) in [5.74, 6) is 2.33. The van der Waals surface area contributed by atoms with E-state index in [-0.39, 0.29) is 5.91 Å². The van der Waals surface area contributed by atoms with Gasteiger partial charge in [-0.05, 0) is 36.5 Å². The smallest absolute Gasteiger partial charge is 0.241 e. The summed E-state index contributed by atoms with van der Waals surface area (Å²) in [4.78, 5) is 17.2. The van der Waals surface area contributed by atoms with Gasteiger partial charge in [0.05, 0.1) is 33.4 Å². The maximum atomic E-state index is 13.1. The van der Waals surface area contributed by atoms with E-state index >= 15 is 0 Å². The normalized spacial score (nSPS) is 16.4. The van der Waals surface area contributed by atoms with Crippen LogP contribution in [0, 0.1) is 0 Å². The quantitative estimate of drug-likeness (QED) is 0.709. The van der Waals surface area contributed by atoms with Crippen LogP contribution >= 0.6 is 0 Å². The van der Waals surface area contributed by atoms with Gasteiger partial charge >= 0.3 is 0 Å². The lowest BCUT2D eigenvalue weighted by Crippen LogP contribution is -2.43. The first-order valence-corrected chi connectivity index (χ1v) is 10.7. The van der Waals surface area contributed by atoms with Crippen molar-refractivity contribution in [2.45, 2.75) is 19.3 Å². The van der Waals surface area contributed by atoms with Gasteiger partial charge in [-0.25, -0.2) is 0 Å². The van der Waals surface area contributed by atoms with Gasteiger partial charge in [0.25, 0.3) is 0 Å². The van der Waals surface area contributed by atoms with Gasteiger partial charge in [-0.2, -0.15) is 0 Å². The molecule has 1 amide bonds. The second kappa shape index (κ2) is 9.43. The van der Waals surface area contributed by atoms with E-state index < -0.39 is 0 Å². The lowest BCUT2D eigenvalue weighted by atomic mass is 9.97. The first kappa shape index (κ1) is 21.2. The maximum Gasteiger partial charge on any atom is 0.241 e. The van der Waals surface area contributed by atoms with Crippen molar-refractivity contribution in [3.8, 4) is 17.2 Å². The summed E-state index contributed by atoms with van der Waals surface area (Å²) in [5, 5.41) is 0. The third-order valence-corrected chi connectivity index (χ3v) is 6.10. The molecule has 2 aromatic carbocycles. The number of rotatable bonds is 6. The van der Waals surface area contributed by atoms with Crippen LogP contribution in [-0.4, -0.2) is 58.3 Å². The van der Waals surface area contributed by atoms with Crippen LogP contribution in [0.25, 0.3) is 5.57 Å². The lowest BCUT2D eigenvalue weighted by molar-refractivity contribution is -0.119. The van der Waals surface area contributed by atoms with Gasteiger partial charge in [-0.15, -0.1) is 0 Å². The predicted molar refractivity (Wildman–Crippen MR) is 122 cm³/mol. The van der Waals surface area contributed by atoms with E-state index in [4.69, 9.17) is 14.2 Å². The molecule has 6 heteroatoms. The fourth-order valence-corrected chi connectivity index (χ4v) is 4.47. The second-order valence-corrected chi connectivity index (χ2v) is 7.90. The number of carbonyl (C=O) groups is 1. The Kier molecular flexibility index (Phi) is 6.47. The van der Waals surface area contributed by atoms with Gasteiger partial charge in [0.1, 0.15) is 17.2 Å². The third kappa shape index (κ3) is 4.39. The van der Waals surface area contributed by atoms with Crippen molar-refractivity contribution in [1.82, 2.24) is 4.90 Å². The maximum absolute atomic E-state index is 13.1. The van der Waals surface area contributed by atoms with E-state index in [0.29, 0.717) is 12.3 Å². The summed E-state index contributed by atoms with van der Waals surface area (Å²) >= 11 is 0. The lowest BCUT2D eigenvalue weighted by Gasteiger charge is -2.33. The Labute approximate surface area is 184 Å². The second-order valence-electron chi connectivity index (χ2n) is 7.90. The number of hydrogen-bond donors (Lipinski definition) is 0. The number of nitrogens with zero attached hydrogens (tertiary/aromatic N) is 2. The van der Waals surface area contributed by atoms with Crippen molar-refractivity contribution in [1.29, 1.82) is 0 Å². The first-order valence-electron chi connectivity index (χ1n) is 10.7. The number of amides is 1. The fourth-order valence-electron chi connectivity index (χ4n) is 4.47. The average molecular weight is 423 g/mol. The standard InChI is InChI=1S/C25H30N2O4/c1-29-20-15-22(30-2)25(23(16-20)31-3)19-10-13-26(14-11-19)17-24(28)27-12-6-8-18-7-4-5-9-21(18)27/h4-5,7,9-10,15-16H,6,8,11-14,17H2,1-3H3. The molecule has 0 atom stereocenters. The van der Waals surface area contributed by atoms with E-state index in [1.165, 1.54) is 11.1 Å². The Hall–Kier alpha value is -2.99. The highest BCUT2D eigenvalue weighted by molar-refractivity contribution is 5.96. The molecule has 2 aromatic rings. The Morgan fingerprint density at radius 1 is 0.968 bits per heavy atom. The number of hydrogen-bond acceptors (Lipinski definition) is 5. The molecule has 4 rings (SSSR count). The van der Waals surface area contributed by atoms with E-state index in [2.05, 4.69) is 23.1 Å². The Bertz CT molecular complexity index is 960. The molecule has 0 fully saturated rings. The van der Waals surface area contributed by atoms with Gasteiger partial charge in [0, 0.05) is 37.5 Å². The van der Waals surface area contributed by atoms with Crippen LogP contribution in [0.3, 0.4) is 0 Å². The Morgan fingerprint density at radius 2 is 1.71 bits per heavy atom. The number of aryl methyl sites for hydroxylation is 1. The summed E-state index contributed by atoms with van der Waals surface area (Å²) in [5.41, 5.74) is 4.46. The van der Waals surface area contributed by atoms with Crippen molar-refractivity contribution in [2.24, 2.45) is 0 Å². The van der Waals surface area contributed by atoms with Crippen molar-refractivity contribution >= 4 is 17.2 Å². The van der Waals surface area contributed by atoms with E-state index in [1.807, 2.05) is 29.2 Å². The predicted octanol–water partition coefficient (Wildman–Crippen LogP) is 3.78. The monoisotopic (exact) mass is 422 g/mol. The number of methoxy groups -OCH3 is 3. The minimum atomic E-state index is 0.170. The summed E-state index contributed by atoms with van der Waals surface area (Å²) in [6.45, 7) is 2.75. The van der Waals surface area contributed by atoms with Gasteiger partial charge < -0.3 is 19.1 Å². The number of carbonyl (C=O) groups excluding carboxylic acids is 1. The molecule has 0 unspecified atom stereocenters. The van der Waals surface area contributed by atoms with Crippen LogP contribution in [0.15, 0.2) is 42.5 Å². The molecular formula is C25H30N2O4. The summed E-state index contributed by atoms with van der Waals surface area (Å²) in [6.07, 6.45) is 5.06. The molecule has 0 aromatic heterocycles. The molecule has 2 heterocycles. The number of para-hydroxylation sites is 1. The molecular weight excluding hydrogens is 392 g/mol. The molecule has 0 radical (unpaired) electrons. The molecule has 0 aliphatic carbocycles. The molecule has 0 spiro atoms. The largest absolute Gasteiger partial charge is 0.496 e. The molecule has 2 aliphatic heterocycles. The highest BCUT2D eigenvalue weighted by atomic mass is 16.5. The molecule has 0 saturated heterocycles. The van der Waals surface area contributed by atoms with Crippen LogP contribution in [0.1, 0.15) is 24.0 Å². The van der Waals surface area contributed by atoms with Gasteiger partial charge in [-0.3, -0.25) is 9.69 Å². The van der Waals surface area contributed by atoms with Crippen molar-refractivity contribution in [3.05, 3.63) is 53.6 Å². The van der Waals surface area contributed by atoms with Crippen molar-refractivity contribution in [2.75, 3.05) is 52.4 Å². The van der Waals surface area contributed by atoms with Crippen molar-refractivity contribution in [3.63, 3.8) is 0 Å². The minimum Gasteiger partial charge on any atom is -0.496 e. The van der Waals surface area contributed by atoms with Crippen LogP contribution in [0.2, 0.25) is 0 Å². The summed E-state index contributed by atoms with van der Waals surface area (Å²) < 4.78 is 16.6. The zero-order chi connectivity index (χ0) is 21.8. The highest BCUT2D eigenvalue weighted by Crippen LogP contribution is 2.40. The van der Waals surface area contributed by atoms with Gasteiger partial charge in [0.15, 0.2) is 0 Å². The van der Waals surface area contributed by atoms with E-state index in [1.54, 1.807) is 21.3 Å². The van der Waals surface area contributed by atoms with E-state index in [0.717, 1.165) is 61.6 Å². The van der Waals surface area contributed by atoms with Crippen LogP contribution in [-0.2, 0) is 11.2 Å². The molecule has 164 valence electrons. The number of anilines is 1. The SMILES string of the molecule is COc1cc(OC)c(C2=CCN(CC(=O)N3CCCc4ccccc43)CC2)c(OC)c1. The van der Waals surface area contributed by atoms with E-state index in [9.17, 15) is 4.79 Å². The minimum absolute atomic E-state index is 0.170. The fraction of sp³-hybridized carbons (Fsp3) is 0.400. The summed E-state index contributed by atoms with van der Waals surface area (Å²) in [6, 6.07) is 12.0. The zero-order valence-electron chi connectivity index (χ0n) is 18.5. The molecule has 6 nitrogen and oxygen atoms in total. The Balaban J connectivity index is 1.48. The molecule has 0 N–H and O–H groups in total. The molecule has 31 heavy (non-hydrogen) atoms. The van der Waals surface area contributed by atoms with Crippen LogP contribution in [0.4, 0.5) is 5.69 Å². The average Bonchev–Trinajstić information content (AvgIpc) is 2.83. The number of fused-ring (bicyclic) bond motifs is 1. The third-order valence-electron chi connectivity index (χ3n) is 6.10. The van der Waals surface area contributed by atoms with Crippen LogP contribution in [0.5, 0.6) is 17.2 Å². The van der Waals surface area contributed by atoms with Crippen LogP contribution < -0.4 is 19.1 Å². The topological polar surface area (TPSA) is 51.2 Å². The summed E-state index contributed by atoms with van der Waals surface area (Å²) in [7, 11) is 4.94. The van der Waals surface area contributed by atoms with Crippen molar-refractivity contribution < 1.29 is 19.0 Å². The molecule has 0 saturated carbocycles. The van der Waals surface area contributed by atoms with Gasteiger partial charge in [-0.1, -0.05) is 24.3 Å². The molecule has 2 aliphatic rings. The zero-order valence-corrected chi connectivity index (χ0v) is 18.5. The number of benzene rings is 2. The molecule has 0 bridgehead atoms.